The van der Waals surface area contributed by atoms with Crippen molar-refractivity contribution < 1.29 is 13.2 Å². The summed E-state index contributed by atoms with van der Waals surface area (Å²) in [5, 5.41) is 6.17. The first-order valence-electron chi connectivity index (χ1n) is 6.86. The first-order valence-corrected chi connectivity index (χ1v) is 8.72. The Hall–Kier alpha value is -2.09. The van der Waals surface area contributed by atoms with Crippen LogP contribution in [0.2, 0.25) is 5.02 Å². The van der Waals surface area contributed by atoms with Crippen LogP contribution in [0.1, 0.15) is 5.56 Å². The Kier molecular flexibility index (Phi) is 4.25. The minimum absolute atomic E-state index is 0.127. The molecule has 8 heteroatoms. The molecule has 1 heterocycles. The van der Waals surface area contributed by atoms with Crippen LogP contribution in [-0.4, -0.2) is 20.5 Å². The molecule has 2 aromatic rings. The van der Waals surface area contributed by atoms with Gasteiger partial charge in [0.05, 0.1) is 5.69 Å². The van der Waals surface area contributed by atoms with Crippen LogP contribution in [0.3, 0.4) is 0 Å². The van der Waals surface area contributed by atoms with Crippen LogP contribution in [0.15, 0.2) is 53.4 Å². The highest BCUT2D eigenvalue weighted by atomic mass is 35.5. The first kappa shape index (κ1) is 15.8. The van der Waals surface area contributed by atoms with Crippen LogP contribution >= 0.6 is 11.6 Å². The lowest BCUT2D eigenvalue weighted by atomic mass is 10.2. The van der Waals surface area contributed by atoms with E-state index in [9.17, 15) is 13.2 Å². The maximum Gasteiger partial charge on any atom is 0.258 e. The largest absolute Gasteiger partial charge is 0.360 e. The van der Waals surface area contributed by atoms with E-state index in [1.165, 1.54) is 6.07 Å². The summed E-state index contributed by atoms with van der Waals surface area (Å²) in [5.74, 6) is -0.460. The normalized spacial score (nSPS) is 18.6. The van der Waals surface area contributed by atoms with Crippen LogP contribution in [0.25, 0.3) is 0 Å². The van der Waals surface area contributed by atoms with Crippen molar-refractivity contribution in [2.24, 2.45) is 0 Å². The summed E-state index contributed by atoms with van der Waals surface area (Å²) in [6, 6.07) is 13.4. The number of carbonyl (C=O) groups is 1. The number of fused-ring (bicyclic) bond motifs is 1. The third-order valence-electron chi connectivity index (χ3n) is 3.39. The van der Waals surface area contributed by atoms with Gasteiger partial charge in [-0.05, 0) is 29.8 Å². The zero-order chi connectivity index (χ0) is 16.4. The predicted octanol–water partition coefficient (Wildman–Crippen LogP) is 1.69. The van der Waals surface area contributed by atoms with Crippen molar-refractivity contribution in [1.82, 2.24) is 10.0 Å². The third kappa shape index (κ3) is 3.47. The molecule has 1 atom stereocenters. The molecule has 1 unspecified atom stereocenters. The van der Waals surface area contributed by atoms with E-state index in [4.69, 9.17) is 11.6 Å². The number of hydrogen-bond donors (Lipinski definition) is 3. The molecule has 2 aromatic carbocycles. The number of nitrogens with one attached hydrogen (secondary N) is 3. The van der Waals surface area contributed by atoms with Crippen molar-refractivity contribution in [3.8, 4) is 0 Å². The smallest absolute Gasteiger partial charge is 0.258 e. The Labute approximate surface area is 138 Å². The Balaban J connectivity index is 1.70. The van der Waals surface area contributed by atoms with E-state index in [1.54, 1.807) is 42.5 Å². The number of para-hydroxylation sites is 1. The molecule has 0 bridgehead atoms. The van der Waals surface area contributed by atoms with Gasteiger partial charge >= 0.3 is 0 Å². The van der Waals surface area contributed by atoms with Gasteiger partial charge in [-0.3, -0.25) is 4.79 Å². The van der Waals surface area contributed by atoms with E-state index >= 15 is 0 Å². The fourth-order valence-corrected chi connectivity index (χ4v) is 3.64. The van der Waals surface area contributed by atoms with Gasteiger partial charge in [0.2, 0.25) is 10.0 Å². The zero-order valence-corrected chi connectivity index (χ0v) is 13.5. The number of amides is 1. The minimum atomic E-state index is -3.72. The van der Waals surface area contributed by atoms with Crippen LogP contribution in [0.4, 0.5) is 5.69 Å². The van der Waals surface area contributed by atoms with Gasteiger partial charge < -0.3 is 10.6 Å². The lowest BCUT2D eigenvalue weighted by molar-refractivity contribution is -0.122. The van der Waals surface area contributed by atoms with E-state index in [0.29, 0.717) is 10.7 Å². The quantitative estimate of drug-likeness (QED) is 0.785. The molecular weight excluding hydrogens is 338 g/mol. The fraction of sp³-hybridized carbons (Fsp3) is 0.133. The van der Waals surface area contributed by atoms with Crippen LogP contribution in [0.5, 0.6) is 0 Å². The van der Waals surface area contributed by atoms with Crippen molar-refractivity contribution in [2.45, 2.75) is 17.6 Å². The molecule has 1 aliphatic heterocycles. The molecule has 0 spiro atoms. The molecule has 1 aliphatic rings. The summed E-state index contributed by atoms with van der Waals surface area (Å²) < 4.78 is 26.6. The Morgan fingerprint density at radius 3 is 2.57 bits per heavy atom. The summed E-state index contributed by atoms with van der Waals surface area (Å²) in [6.45, 7) is 0.275. The summed E-state index contributed by atoms with van der Waals surface area (Å²) in [5.41, 5.74) is 1.26. The van der Waals surface area contributed by atoms with E-state index < -0.39 is 22.1 Å². The molecule has 0 fully saturated rings. The van der Waals surface area contributed by atoms with Gasteiger partial charge in [0.1, 0.15) is 4.90 Å². The summed E-state index contributed by atoms with van der Waals surface area (Å²) in [4.78, 5) is 12.3. The number of sulfonamides is 1. The molecule has 3 N–H and O–H groups in total. The van der Waals surface area contributed by atoms with Crippen molar-refractivity contribution >= 4 is 33.2 Å². The standard InChI is InChI=1S/C15H14ClN3O3S/c16-11-7-5-10(6-8-11)9-17-15(20)14-18-12-3-1-2-4-13(12)23(21,22)19-14/h1-8,14,18-19H,9H2,(H,17,20). The molecule has 120 valence electrons. The molecule has 0 radical (unpaired) electrons. The molecule has 23 heavy (non-hydrogen) atoms. The maximum atomic E-state index is 12.2. The summed E-state index contributed by atoms with van der Waals surface area (Å²) in [7, 11) is -3.72. The average Bonchev–Trinajstić information content (AvgIpc) is 2.53. The second kappa shape index (κ2) is 6.19. The van der Waals surface area contributed by atoms with Crippen molar-refractivity contribution in [2.75, 3.05) is 5.32 Å². The molecular formula is C15H14ClN3O3S. The zero-order valence-electron chi connectivity index (χ0n) is 11.9. The van der Waals surface area contributed by atoms with Gasteiger partial charge in [-0.2, -0.15) is 4.72 Å². The lowest BCUT2D eigenvalue weighted by Crippen LogP contribution is -2.53. The van der Waals surface area contributed by atoms with Crippen LogP contribution < -0.4 is 15.4 Å². The summed E-state index contributed by atoms with van der Waals surface area (Å²) >= 11 is 5.80. The van der Waals surface area contributed by atoms with E-state index in [1.807, 2.05) is 0 Å². The summed E-state index contributed by atoms with van der Waals surface area (Å²) in [6.07, 6.45) is -1.05. The fourth-order valence-electron chi connectivity index (χ4n) is 2.24. The number of carbonyl (C=O) groups excluding carboxylic acids is 1. The third-order valence-corrected chi connectivity index (χ3v) is 5.12. The highest BCUT2D eigenvalue weighted by molar-refractivity contribution is 7.89. The highest BCUT2D eigenvalue weighted by Gasteiger charge is 2.32. The second-order valence-electron chi connectivity index (χ2n) is 5.04. The van der Waals surface area contributed by atoms with Gasteiger partial charge in [0, 0.05) is 11.6 Å². The molecule has 6 nitrogen and oxygen atoms in total. The Morgan fingerprint density at radius 1 is 1.13 bits per heavy atom. The van der Waals surface area contributed by atoms with Crippen molar-refractivity contribution in [3.05, 3.63) is 59.1 Å². The lowest BCUT2D eigenvalue weighted by Gasteiger charge is -2.27. The van der Waals surface area contributed by atoms with Gasteiger partial charge in [-0.25, -0.2) is 8.42 Å². The highest BCUT2D eigenvalue weighted by Crippen LogP contribution is 2.25. The number of rotatable bonds is 3. The minimum Gasteiger partial charge on any atom is -0.360 e. The average molecular weight is 352 g/mol. The maximum absolute atomic E-state index is 12.2. The Morgan fingerprint density at radius 2 is 1.83 bits per heavy atom. The predicted molar refractivity (Wildman–Crippen MR) is 87.5 cm³/mol. The van der Waals surface area contributed by atoms with Gasteiger partial charge in [0.25, 0.3) is 5.91 Å². The van der Waals surface area contributed by atoms with Gasteiger partial charge in [-0.15, -0.1) is 0 Å². The SMILES string of the molecule is O=C(NCc1ccc(Cl)cc1)C1Nc2ccccc2S(=O)(=O)N1. The number of halogens is 1. The van der Waals surface area contributed by atoms with Crippen LogP contribution in [0, 0.1) is 0 Å². The van der Waals surface area contributed by atoms with Crippen molar-refractivity contribution in [1.29, 1.82) is 0 Å². The number of benzene rings is 2. The molecule has 0 aromatic heterocycles. The topological polar surface area (TPSA) is 87.3 Å². The molecule has 0 saturated heterocycles. The van der Waals surface area contributed by atoms with E-state index in [2.05, 4.69) is 15.4 Å². The van der Waals surface area contributed by atoms with E-state index in [-0.39, 0.29) is 11.4 Å². The van der Waals surface area contributed by atoms with Gasteiger partial charge in [-0.1, -0.05) is 35.9 Å². The number of hydrogen-bond acceptors (Lipinski definition) is 4. The molecule has 0 aliphatic carbocycles. The molecule has 3 rings (SSSR count). The Bertz CT molecular complexity index is 837. The van der Waals surface area contributed by atoms with Crippen LogP contribution in [-0.2, 0) is 21.4 Å². The van der Waals surface area contributed by atoms with E-state index in [0.717, 1.165) is 5.56 Å². The molecule has 0 saturated carbocycles. The van der Waals surface area contributed by atoms with Crippen molar-refractivity contribution in [3.63, 3.8) is 0 Å². The van der Waals surface area contributed by atoms with Gasteiger partial charge in [0.15, 0.2) is 6.17 Å². The molecule has 1 amide bonds. The monoisotopic (exact) mass is 351 g/mol. The number of anilines is 1. The second-order valence-corrected chi connectivity index (χ2v) is 7.16. The first-order chi connectivity index (χ1) is 11.0.